The predicted molar refractivity (Wildman–Crippen MR) is 66.1 cm³/mol. The number of nitrogens with two attached hydrogens (primary N) is 1. The summed E-state index contributed by atoms with van der Waals surface area (Å²) in [5, 5.41) is 1.01. The van der Waals surface area contributed by atoms with Crippen molar-refractivity contribution in [3.05, 3.63) is 27.7 Å². The van der Waals surface area contributed by atoms with E-state index in [1.165, 1.54) is 0 Å². The molecule has 0 aliphatic carbocycles. The van der Waals surface area contributed by atoms with Crippen LogP contribution in [-0.4, -0.2) is 18.5 Å². The largest absolute Gasteiger partial charge is 0.326 e. The van der Waals surface area contributed by atoms with Gasteiger partial charge in [0.1, 0.15) is 0 Å². The van der Waals surface area contributed by atoms with Crippen LogP contribution in [0, 0.1) is 6.92 Å². The van der Waals surface area contributed by atoms with E-state index in [9.17, 15) is 4.79 Å². The van der Waals surface area contributed by atoms with Crippen LogP contribution in [0.15, 0.2) is 12.1 Å². The molecule has 0 saturated carbocycles. The lowest BCUT2D eigenvalue weighted by molar-refractivity contribution is -0.117. The van der Waals surface area contributed by atoms with Gasteiger partial charge in [0, 0.05) is 19.0 Å². The lowest BCUT2D eigenvalue weighted by Crippen LogP contribution is -2.28. The van der Waals surface area contributed by atoms with Crippen LogP contribution in [0.25, 0.3) is 0 Å². The zero-order valence-corrected chi connectivity index (χ0v) is 10.3. The Kier molecular flexibility index (Phi) is 3.10. The first kappa shape index (κ1) is 11.7. The fourth-order valence-electron chi connectivity index (χ4n) is 1.84. The number of hydrogen-bond donors (Lipinski definition) is 1. The Morgan fingerprint density at radius 1 is 1.44 bits per heavy atom. The van der Waals surface area contributed by atoms with Crippen LogP contribution in [0.4, 0.5) is 5.69 Å². The van der Waals surface area contributed by atoms with E-state index in [1.54, 1.807) is 11.0 Å². The van der Waals surface area contributed by atoms with Crippen molar-refractivity contribution in [2.75, 3.05) is 11.4 Å². The average Bonchev–Trinajstić information content (AvgIpc) is 2.53. The van der Waals surface area contributed by atoms with Gasteiger partial charge in [0.05, 0.1) is 15.7 Å². The third-order valence-corrected chi connectivity index (χ3v) is 3.47. The molecule has 1 aliphatic heterocycles. The summed E-state index contributed by atoms with van der Waals surface area (Å²) in [5.74, 6) is -0.0260. The van der Waals surface area contributed by atoms with Gasteiger partial charge in [-0.25, -0.2) is 0 Å². The van der Waals surface area contributed by atoms with Crippen molar-refractivity contribution in [1.82, 2.24) is 0 Å². The highest BCUT2D eigenvalue weighted by Crippen LogP contribution is 2.37. The molecule has 1 saturated heterocycles. The average molecular weight is 259 g/mol. The molecule has 0 spiro atoms. The molecule has 16 heavy (non-hydrogen) atoms. The lowest BCUT2D eigenvalue weighted by atomic mass is 10.2. The molecule has 1 aliphatic rings. The standard InChI is InChI=1S/C11H12Cl2N2O/c1-6-2-3-8(12)11(10(6)13)15-5-7(14)4-9(15)16/h2-3,7H,4-5,14H2,1H3. The fraction of sp³-hybridized carbons (Fsp3) is 0.364. The van der Waals surface area contributed by atoms with Gasteiger partial charge in [-0.05, 0) is 18.6 Å². The van der Waals surface area contributed by atoms with E-state index in [4.69, 9.17) is 28.9 Å². The number of benzene rings is 1. The van der Waals surface area contributed by atoms with Gasteiger partial charge in [0.2, 0.25) is 5.91 Å². The van der Waals surface area contributed by atoms with Crippen molar-refractivity contribution in [2.45, 2.75) is 19.4 Å². The van der Waals surface area contributed by atoms with Crippen LogP contribution < -0.4 is 10.6 Å². The molecule has 2 rings (SSSR count). The maximum Gasteiger partial charge on any atom is 0.228 e. The van der Waals surface area contributed by atoms with Crippen LogP contribution >= 0.6 is 23.2 Å². The maximum atomic E-state index is 11.7. The molecule has 0 aromatic heterocycles. The third-order valence-electron chi connectivity index (χ3n) is 2.68. The first-order chi connectivity index (χ1) is 7.50. The fourth-order valence-corrected chi connectivity index (χ4v) is 2.42. The molecule has 1 aromatic carbocycles. The molecular formula is C11H12Cl2N2O. The second-order valence-electron chi connectivity index (χ2n) is 4.00. The van der Waals surface area contributed by atoms with Gasteiger partial charge < -0.3 is 10.6 Å². The second kappa shape index (κ2) is 4.24. The molecule has 1 amide bonds. The minimum atomic E-state index is -0.139. The number of hydrogen-bond acceptors (Lipinski definition) is 2. The molecule has 0 radical (unpaired) electrons. The smallest absolute Gasteiger partial charge is 0.228 e. The zero-order valence-electron chi connectivity index (χ0n) is 8.84. The summed E-state index contributed by atoms with van der Waals surface area (Å²) in [4.78, 5) is 13.3. The minimum Gasteiger partial charge on any atom is -0.326 e. The summed E-state index contributed by atoms with van der Waals surface area (Å²) in [6.07, 6.45) is 0.348. The Labute approximate surface area is 104 Å². The summed E-state index contributed by atoms with van der Waals surface area (Å²) in [7, 11) is 0. The predicted octanol–water partition coefficient (Wildman–Crippen LogP) is 2.37. The van der Waals surface area contributed by atoms with Gasteiger partial charge >= 0.3 is 0 Å². The van der Waals surface area contributed by atoms with E-state index in [-0.39, 0.29) is 11.9 Å². The summed E-state index contributed by atoms with van der Waals surface area (Å²) in [5.41, 5.74) is 7.22. The molecule has 1 heterocycles. The van der Waals surface area contributed by atoms with Crippen molar-refractivity contribution >= 4 is 34.8 Å². The summed E-state index contributed by atoms with van der Waals surface area (Å²) in [6.45, 7) is 2.35. The minimum absolute atomic E-state index is 0.0260. The topological polar surface area (TPSA) is 46.3 Å². The van der Waals surface area contributed by atoms with Crippen molar-refractivity contribution < 1.29 is 4.79 Å². The molecule has 1 aromatic rings. The van der Waals surface area contributed by atoms with Crippen LogP contribution in [0.5, 0.6) is 0 Å². The third kappa shape index (κ3) is 1.90. The number of carbonyl (C=O) groups is 1. The number of carbonyl (C=O) groups excluding carboxylic acids is 1. The van der Waals surface area contributed by atoms with Crippen LogP contribution in [0.1, 0.15) is 12.0 Å². The molecule has 3 nitrogen and oxygen atoms in total. The van der Waals surface area contributed by atoms with Crippen molar-refractivity contribution in [1.29, 1.82) is 0 Å². The highest BCUT2D eigenvalue weighted by atomic mass is 35.5. The Hall–Kier alpha value is -0.770. The highest BCUT2D eigenvalue weighted by Gasteiger charge is 2.31. The summed E-state index contributed by atoms with van der Waals surface area (Å²) in [6, 6.07) is 3.43. The SMILES string of the molecule is Cc1ccc(Cl)c(N2CC(N)CC2=O)c1Cl. The molecule has 1 unspecified atom stereocenters. The summed E-state index contributed by atoms with van der Waals surface area (Å²) >= 11 is 12.2. The molecular weight excluding hydrogens is 247 g/mol. The summed E-state index contributed by atoms with van der Waals surface area (Å²) < 4.78 is 0. The molecule has 0 bridgehead atoms. The molecule has 1 fully saturated rings. The number of anilines is 1. The number of rotatable bonds is 1. The van der Waals surface area contributed by atoms with E-state index in [2.05, 4.69) is 0 Å². The highest BCUT2D eigenvalue weighted by molar-refractivity contribution is 6.40. The Morgan fingerprint density at radius 3 is 2.69 bits per heavy atom. The molecule has 1 atom stereocenters. The van der Waals surface area contributed by atoms with E-state index in [1.807, 2.05) is 13.0 Å². The van der Waals surface area contributed by atoms with Crippen molar-refractivity contribution in [3.8, 4) is 0 Å². The van der Waals surface area contributed by atoms with Gasteiger partial charge in [-0.15, -0.1) is 0 Å². The normalized spacial score (nSPS) is 20.6. The van der Waals surface area contributed by atoms with Crippen LogP contribution in [0.3, 0.4) is 0 Å². The molecule has 5 heteroatoms. The number of halogens is 2. The Bertz CT molecular complexity index is 448. The van der Waals surface area contributed by atoms with E-state index in [0.29, 0.717) is 28.7 Å². The van der Waals surface area contributed by atoms with Gasteiger partial charge in [-0.2, -0.15) is 0 Å². The van der Waals surface area contributed by atoms with Crippen molar-refractivity contribution in [2.24, 2.45) is 5.73 Å². The van der Waals surface area contributed by atoms with Crippen LogP contribution in [0.2, 0.25) is 10.0 Å². The van der Waals surface area contributed by atoms with Crippen LogP contribution in [-0.2, 0) is 4.79 Å². The number of nitrogens with zero attached hydrogens (tertiary/aromatic N) is 1. The van der Waals surface area contributed by atoms with Gasteiger partial charge in [0.15, 0.2) is 0 Å². The number of amides is 1. The monoisotopic (exact) mass is 258 g/mol. The zero-order chi connectivity index (χ0) is 11.9. The van der Waals surface area contributed by atoms with E-state index < -0.39 is 0 Å². The first-order valence-corrected chi connectivity index (χ1v) is 5.77. The quantitative estimate of drug-likeness (QED) is 0.841. The van der Waals surface area contributed by atoms with E-state index >= 15 is 0 Å². The van der Waals surface area contributed by atoms with Gasteiger partial charge in [0.25, 0.3) is 0 Å². The van der Waals surface area contributed by atoms with Gasteiger partial charge in [-0.3, -0.25) is 4.79 Å². The Balaban J connectivity index is 2.48. The second-order valence-corrected chi connectivity index (χ2v) is 4.78. The number of aryl methyl sites for hydroxylation is 1. The van der Waals surface area contributed by atoms with E-state index in [0.717, 1.165) is 5.56 Å². The Morgan fingerprint density at radius 2 is 2.12 bits per heavy atom. The van der Waals surface area contributed by atoms with Crippen molar-refractivity contribution in [3.63, 3.8) is 0 Å². The molecule has 2 N–H and O–H groups in total. The van der Waals surface area contributed by atoms with Gasteiger partial charge in [-0.1, -0.05) is 29.3 Å². The first-order valence-electron chi connectivity index (χ1n) is 5.01. The lowest BCUT2D eigenvalue weighted by Gasteiger charge is -2.20. The molecule has 86 valence electrons. The maximum absolute atomic E-state index is 11.7.